The molecule has 0 fully saturated rings. The Labute approximate surface area is 134 Å². The van der Waals surface area contributed by atoms with E-state index in [0.29, 0.717) is 10.6 Å². The lowest BCUT2D eigenvalue weighted by atomic mass is 10.2. The van der Waals surface area contributed by atoms with E-state index >= 15 is 0 Å². The molecule has 2 heterocycles. The Kier molecular flexibility index (Phi) is 4.20. The molecule has 3 rings (SSSR count). The van der Waals surface area contributed by atoms with Crippen molar-refractivity contribution in [2.75, 3.05) is 5.32 Å². The van der Waals surface area contributed by atoms with Crippen LogP contribution in [0.1, 0.15) is 14.5 Å². The highest BCUT2D eigenvalue weighted by Crippen LogP contribution is 2.31. The first-order valence-corrected chi connectivity index (χ1v) is 7.56. The molecule has 1 amide bonds. The molecule has 1 aromatic carbocycles. The SMILES string of the molecule is Cc1cc(OC(F)F)c(C(=O)Nc2ccc3ncccc3c2)s1. The minimum Gasteiger partial charge on any atom is -0.433 e. The first-order valence-electron chi connectivity index (χ1n) is 6.74. The van der Waals surface area contributed by atoms with Crippen molar-refractivity contribution in [1.29, 1.82) is 0 Å². The predicted octanol–water partition coefficient (Wildman–Crippen LogP) is 4.46. The van der Waals surface area contributed by atoms with Crippen LogP contribution in [-0.4, -0.2) is 17.5 Å². The van der Waals surface area contributed by atoms with Crippen LogP contribution in [0.15, 0.2) is 42.6 Å². The first kappa shape index (κ1) is 15.4. The number of ether oxygens (including phenoxy) is 1. The number of benzene rings is 1. The van der Waals surface area contributed by atoms with Gasteiger partial charge in [-0.2, -0.15) is 8.78 Å². The smallest absolute Gasteiger partial charge is 0.387 e. The van der Waals surface area contributed by atoms with Gasteiger partial charge in [-0.25, -0.2) is 0 Å². The van der Waals surface area contributed by atoms with Gasteiger partial charge in [-0.3, -0.25) is 9.78 Å². The van der Waals surface area contributed by atoms with Crippen molar-refractivity contribution >= 4 is 33.8 Å². The highest BCUT2D eigenvalue weighted by molar-refractivity contribution is 7.14. The molecule has 23 heavy (non-hydrogen) atoms. The van der Waals surface area contributed by atoms with Gasteiger partial charge in [-0.05, 0) is 37.3 Å². The van der Waals surface area contributed by atoms with Gasteiger partial charge in [0.25, 0.3) is 5.91 Å². The standard InChI is InChI=1S/C16H12F2N2O2S/c1-9-7-13(22-16(17)18)14(23-9)15(21)20-11-4-5-12-10(8-11)3-2-6-19-12/h2-8,16H,1H3,(H,20,21). The average molecular weight is 334 g/mol. The molecule has 0 aliphatic rings. The Morgan fingerprint density at radius 2 is 2.13 bits per heavy atom. The lowest BCUT2D eigenvalue weighted by Crippen LogP contribution is -2.13. The number of halogens is 2. The fourth-order valence-electron chi connectivity index (χ4n) is 2.17. The minimum atomic E-state index is -2.97. The molecule has 1 N–H and O–H groups in total. The van der Waals surface area contributed by atoms with Crippen molar-refractivity contribution in [3.05, 3.63) is 52.3 Å². The van der Waals surface area contributed by atoms with Gasteiger partial charge in [0.1, 0.15) is 10.6 Å². The second-order valence-electron chi connectivity index (χ2n) is 4.79. The molecular formula is C16H12F2N2O2S. The predicted molar refractivity (Wildman–Crippen MR) is 85.4 cm³/mol. The number of carbonyl (C=O) groups excluding carboxylic acids is 1. The average Bonchev–Trinajstić information content (AvgIpc) is 2.87. The Morgan fingerprint density at radius 3 is 2.91 bits per heavy atom. The number of fused-ring (bicyclic) bond motifs is 1. The molecule has 4 nitrogen and oxygen atoms in total. The number of nitrogens with one attached hydrogen (secondary N) is 1. The number of aryl methyl sites for hydroxylation is 1. The largest absolute Gasteiger partial charge is 0.433 e. The van der Waals surface area contributed by atoms with Crippen molar-refractivity contribution in [2.24, 2.45) is 0 Å². The molecule has 118 valence electrons. The number of hydrogen-bond acceptors (Lipinski definition) is 4. The summed E-state index contributed by atoms with van der Waals surface area (Å²) in [5.74, 6) is -0.593. The summed E-state index contributed by atoms with van der Waals surface area (Å²) in [6.07, 6.45) is 1.68. The number of rotatable bonds is 4. The number of carbonyl (C=O) groups is 1. The molecule has 2 aromatic heterocycles. The van der Waals surface area contributed by atoms with E-state index < -0.39 is 12.5 Å². The quantitative estimate of drug-likeness (QED) is 0.766. The fourth-order valence-corrected chi connectivity index (χ4v) is 3.01. The molecule has 0 aliphatic carbocycles. The van der Waals surface area contributed by atoms with Crippen LogP contribution in [-0.2, 0) is 0 Å². The zero-order valence-electron chi connectivity index (χ0n) is 12.0. The number of pyridine rings is 1. The van der Waals surface area contributed by atoms with E-state index in [4.69, 9.17) is 0 Å². The van der Waals surface area contributed by atoms with Gasteiger partial charge in [-0.15, -0.1) is 11.3 Å². The van der Waals surface area contributed by atoms with Crippen molar-refractivity contribution in [3.63, 3.8) is 0 Å². The number of amides is 1. The number of hydrogen-bond donors (Lipinski definition) is 1. The van der Waals surface area contributed by atoms with Crippen LogP contribution < -0.4 is 10.1 Å². The van der Waals surface area contributed by atoms with Gasteiger partial charge in [-0.1, -0.05) is 6.07 Å². The molecule has 0 spiro atoms. The second kappa shape index (κ2) is 6.29. The maximum atomic E-state index is 12.4. The third-order valence-electron chi connectivity index (χ3n) is 3.10. The lowest BCUT2D eigenvalue weighted by Gasteiger charge is -2.07. The molecule has 0 atom stereocenters. The number of aromatic nitrogens is 1. The Morgan fingerprint density at radius 1 is 1.30 bits per heavy atom. The van der Waals surface area contributed by atoms with E-state index in [-0.39, 0.29) is 10.6 Å². The number of alkyl halides is 2. The molecule has 0 saturated heterocycles. The zero-order chi connectivity index (χ0) is 16.4. The van der Waals surface area contributed by atoms with Crippen molar-refractivity contribution in [2.45, 2.75) is 13.5 Å². The van der Waals surface area contributed by atoms with Crippen LogP contribution in [0.4, 0.5) is 14.5 Å². The summed E-state index contributed by atoms with van der Waals surface area (Å²) in [7, 11) is 0. The summed E-state index contributed by atoms with van der Waals surface area (Å²) in [4.78, 5) is 17.4. The third kappa shape index (κ3) is 3.45. The summed E-state index contributed by atoms with van der Waals surface area (Å²) in [5.41, 5.74) is 1.36. The summed E-state index contributed by atoms with van der Waals surface area (Å²) in [6.45, 7) is -1.25. The summed E-state index contributed by atoms with van der Waals surface area (Å²) >= 11 is 1.10. The van der Waals surface area contributed by atoms with Crippen molar-refractivity contribution < 1.29 is 18.3 Å². The maximum absolute atomic E-state index is 12.4. The van der Waals surface area contributed by atoms with E-state index in [1.807, 2.05) is 6.07 Å². The van der Waals surface area contributed by atoms with E-state index in [1.54, 1.807) is 37.4 Å². The summed E-state index contributed by atoms with van der Waals surface area (Å²) in [6, 6.07) is 10.4. The highest BCUT2D eigenvalue weighted by atomic mass is 32.1. The Bertz CT molecular complexity index is 864. The third-order valence-corrected chi connectivity index (χ3v) is 4.13. The van der Waals surface area contributed by atoms with Crippen LogP contribution in [0, 0.1) is 6.92 Å². The number of thiophene rings is 1. The molecule has 7 heteroatoms. The molecule has 0 radical (unpaired) electrons. The fraction of sp³-hybridized carbons (Fsp3) is 0.125. The van der Waals surface area contributed by atoms with Gasteiger partial charge in [0.15, 0.2) is 0 Å². The van der Waals surface area contributed by atoms with Crippen LogP contribution in [0.25, 0.3) is 10.9 Å². The monoisotopic (exact) mass is 334 g/mol. The molecular weight excluding hydrogens is 322 g/mol. The first-order chi connectivity index (χ1) is 11.0. The van der Waals surface area contributed by atoms with E-state index in [0.717, 1.165) is 22.2 Å². The molecule has 0 unspecified atom stereocenters. The summed E-state index contributed by atoms with van der Waals surface area (Å²) < 4.78 is 29.2. The highest BCUT2D eigenvalue weighted by Gasteiger charge is 2.19. The molecule has 0 saturated carbocycles. The van der Waals surface area contributed by atoms with Crippen LogP contribution in [0.2, 0.25) is 0 Å². The van der Waals surface area contributed by atoms with Crippen molar-refractivity contribution in [3.8, 4) is 5.75 Å². The zero-order valence-corrected chi connectivity index (χ0v) is 12.9. The topological polar surface area (TPSA) is 51.2 Å². The van der Waals surface area contributed by atoms with Crippen LogP contribution >= 0.6 is 11.3 Å². The Balaban J connectivity index is 1.85. The number of nitrogens with zero attached hydrogens (tertiary/aromatic N) is 1. The summed E-state index contributed by atoms with van der Waals surface area (Å²) in [5, 5.41) is 3.57. The molecule has 0 bridgehead atoms. The second-order valence-corrected chi connectivity index (χ2v) is 6.05. The van der Waals surface area contributed by atoms with E-state index in [1.165, 1.54) is 6.07 Å². The Hall–Kier alpha value is -2.54. The van der Waals surface area contributed by atoms with Crippen LogP contribution in [0.3, 0.4) is 0 Å². The van der Waals surface area contributed by atoms with E-state index in [2.05, 4.69) is 15.0 Å². The lowest BCUT2D eigenvalue weighted by molar-refractivity contribution is -0.0498. The number of anilines is 1. The molecule has 3 aromatic rings. The van der Waals surface area contributed by atoms with Gasteiger partial charge in [0.05, 0.1) is 5.52 Å². The van der Waals surface area contributed by atoms with E-state index in [9.17, 15) is 13.6 Å². The minimum absolute atomic E-state index is 0.109. The van der Waals surface area contributed by atoms with Gasteiger partial charge < -0.3 is 10.1 Å². The van der Waals surface area contributed by atoms with Crippen molar-refractivity contribution in [1.82, 2.24) is 4.98 Å². The van der Waals surface area contributed by atoms with Gasteiger partial charge in [0.2, 0.25) is 0 Å². The van der Waals surface area contributed by atoms with Gasteiger partial charge >= 0.3 is 6.61 Å². The normalized spacial score (nSPS) is 11.0. The van der Waals surface area contributed by atoms with Gasteiger partial charge in [0, 0.05) is 22.1 Å². The molecule has 0 aliphatic heterocycles. The van der Waals surface area contributed by atoms with Crippen LogP contribution in [0.5, 0.6) is 5.75 Å². The maximum Gasteiger partial charge on any atom is 0.387 e.